The first-order valence-electron chi connectivity index (χ1n) is 6.20. The van der Waals surface area contributed by atoms with E-state index in [0.29, 0.717) is 6.04 Å². The van der Waals surface area contributed by atoms with E-state index in [1.807, 2.05) is 29.9 Å². The van der Waals surface area contributed by atoms with Gasteiger partial charge < -0.3 is 14.5 Å². The zero-order valence-electron chi connectivity index (χ0n) is 10.4. The van der Waals surface area contributed by atoms with E-state index in [1.54, 1.807) is 12.5 Å². The summed E-state index contributed by atoms with van der Waals surface area (Å²) in [5.74, 6) is 0.950. The molecule has 5 nitrogen and oxygen atoms in total. The Bertz CT molecular complexity index is 492. The molecule has 2 aromatic heterocycles. The maximum Gasteiger partial charge on any atom is 0.117 e. The van der Waals surface area contributed by atoms with Crippen molar-refractivity contribution in [1.29, 1.82) is 0 Å². The lowest BCUT2D eigenvalue weighted by molar-refractivity contribution is 0.0915. The summed E-state index contributed by atoms with van der Waals surface area (Å²) in [6, 6.07) is 6.20. The average Bonchev–Trinajstić information content (AvgIpc) is 3.06. The fraction of sp³-hybridized carbons (Fsp3) is 0.462. The highest BCUT2D eigenvalue weighted by Crippen LogP contribution is 2.28. The Morgan fingerprint density at radius 1 is 1.50 bits per heavy atom. The van der Waals surface area contributed by atoms with Crippen LogP contribution in [0.25, 0.3) is 0 Å². The predicted molar refractivity (Wildman–Crippen MR) is 65.9 cm³/mol. The lowest BCUT2D eigenvalue weighted by Crippen LogP contribution is -2.32. The van der Waals surface area contributed by atoms with Crippen LogP contribution in [0.5, 0.6) is 0 Å². The van der Waals surface area contributed by atoms with Crippen molar-refractivity contribution in [3.8, 4) is 0 Å². The molecule has 2 atom stereocenters. The van der Waals surface area contributed by atoms with E-state index in [4.69, 9.17) is 9.15 Å². The lowest BCUT2D eigenvalue weighted by Gasteiger charge is -2.19. The standard InChI is InChI=1S/C13H17N3O2/c1-16-12(4-6-15-16)13-11(5-8-18-13)14-9-10-3-2-7-17-10/h2-4,6-7,11,13-14H,5,8-9H2,1H3/t11-,13-/m0/s1. The van der Waals surface area contributed by atoms with E-state index in [-0.39, 0.29) is 6.10 Å². The van der Waals surface area contributed by atoms with Crippen LogP contribution in [0, 0.1) is 0 Å². The Labute approximate surface area is 106 Å². The molecular weight excluding hydrogens is 230 g/mol. The van der Waals surface area contributed by atoms with Gasteiger partial charge in [-0.25, -0.2) is 0 Å². The van der Waals surface area contributed by atoms with Crippen molar-refractivity contribution in [3.05, 3.63) is 42.1 Å². The molecule has 0 aromatic carbocycles. The molecule has 1 saturated heterocycles. The molecule has 1 aliphatic heterocycles. The monoisotopic (exact) mass is 247 g/mol. The Morgan fingerprint density at radius 3 is 3.17 bits per heavy atom. The van der Waals surface area contributed by atoms with Crippen molar-refractivity contribution in [3.63, 3.8) is 0 Å². The first-order chi connectivity index (χ1) is 8.84. The molecule has 0 bridgehead atoms. The van der Waals surface area contributed by atoms with Crippen LogP contribution in [-0.4, -0.2) is 22.4 Å². The fourth-order valence-electron chi connectivity index (χ4n) is 2.40. The third-order valence-electron chi connectivity index (χ3n) is 3.36. The van der Waals surface area contributed by atoms with Gasteiger partial charge in [0.15, 0.2) is 0 Å². The van der Waals surface area contributed by atoms with Gasteiger partial charge in [0, 0.05) is 25.9 Å². The summed E-state index contributed by atoms with van der Waals surface area (Å²) in [5.41, 5.74) is 1.12. The Kier molecular flexibility index (Phi) is 3.17. The molecule has 3 heterocycles. The van der Waals surface area contributed by atoms with Gasteiger partial charge in [0.25, 0.3) is 0 Å². The molecule has 5 heteroatoms. The van der Waals surface area contributed by atoms with Gasteiger partial charge >= 0.3 is 0 Å². The molecule has 0 spiro atoms. The molecule has 1 fully saturated rings. The number of aryl methyl sites for hydroxylation is 1. The highest BCUT2D eigenvalue weighted by Gasteiger charge is 2.31. The van der Waals surface area contributed by atoms with E-state index >= 15 is 0 Å². The average molecular weight is 247 g/mol. The maximum atomic E-state index is 5.81. The van der Waals surface area contributed by atoms with E-state index in [0.717, 1.165) is 31.0 Å². The second-order valence-corrected chi connectivity index (χ2v) is 4.53. The predicted octanol–water partition coefficient (Wildman–Crippen LogP) is 1.63. The smallest absolute Gasteiger partial charge is 0.117 e. The van der Waals surface area contributed by atoms with E-state index < -0.39 is 0 Å². The summed E-state index contributed by atoms with van der Waals surface area (Å²) in [6.45, 7) is 1.51. The highest BCUT2D eigenvalue weighted by molar-refractivity contribution is 5.09. The molecule has 1 aliphatic rings. The van der Waals surface area contributed by atoms with Crippen molar-refractivity contribution in [2.75, 3.05) is 6.61 Å². The van der Waals surface area contributed by atoms with Gasteiger partial charge in [-0.3, -0.25) is 4.68 Å². The molecular formula is C13H17N3O2. The Balaban J connectivity index is 1.66. The summed E-state index contributed by atoms with van der Waals surface area (Å²) in [5, 5.41) is 7.69. The van der Waals surface area contributed by atoms with Crippen LogP contribution in [0.1, 0.15) is 24.0 Å². The van der Waals surface area contributed by atoms with Crippen molar-refractivity contribution in [2.45, 2.75) is 25.1 Å². The van der Waals surface area contributed by atoms with Crippen LogP contribution >= 0.6 is 0 Å². The topological polar surface area (TPSA) is 52.2 Å². The summed E-state index contributed by atoms with van der Waals surface area (Å²) >= 11 is 0. The molecule has 18 heavy (non-hydrogen) atoms. The van der Waals surface area contributed by atoms with Crippen LogP contribution in [0.2, 0.25) is 0 Å². The van der Waals surface area contributed by atoms with Gasteiger partial charge in [-0.15, -0.1) is 0 Å². The summed E-state index contributed by atoms with van der Waals surface area (Å²) in [7, 11) is 1.95. The molecule has 0 unspecified atom stereocenters. The minimum Gasteiger partial charge on any atom is -0.468 e. The summed E-state index contributed by atoms with van der Waals surface area (Å²) in [6.07, 6.45) is 4.59. The van der Waals surface area contributed by atoms with E-state index in [9.17, 15) is 0 Å². The molecule has 3 rings (SSSR count). The van der Waals surface area contributed by atoms with Gasteiger partial charge in [0.05, 0.1) is 18.5 Å². The van der Waals surface area contributed by atoms with Crippen LogP contribution in [0.3, 0.4) is 0 Å². The molecule has 0 aliphatic carbocycles. The number of rotatable bonds is 4. The third-order valence-corrected chi connectivity index (χ3v) is 3.36. The summed E-state index contributed by atoms with van der Waals surface area (Å²) in [4.78, 5) is 0. The van der Waals surface area contributed by atoms with Crippen LogP contribution in [0.4, 0.5) is 0 Å². The van der Waals surface area contributed by atoms with Crippen molar-refractivity contribution in [2.24, 2.45) is 7.05 Å². The van der Waals surface area contributed by atoms with Crippen molar-refractivity contribution in [1.82, 2.24) is 15.1 Å². The third kappa shape index (κ3) is 2.19. The highest BCUT2D eigenvalue weighted by atomic mass is 16.5. The molecule has 0 amide bonds. The number of nitrogens with zero attached hydrogens (tertiary/aromatic N) is 2. The molecule has 0 saturated carbocycles. The Morgan fingerprint density at radius 2 is 2.44 bits per heavy atom. The summed E-state index contributed by atoms with van der Waals surface area (Å²) < 4.78 is 13.0. The second kappa shape index (κ2) is 4.96. The van der Waals surface area contributed by atoms with E-state index in [1.165, 1.54) is 0 Å². The molecule has 2 aromatic rings. The van der Waals surface area contributed by atoms with E-state index in [2.05, 4.69) is 10.4 Å². The first-order valence-corrected chi connectivity index (χ1v) is 6.20. The van der Waals surface area contributed by atoms with Gasteiger partial charge in [0.1, 0.15) is 11.9 Å². The van der Waals surface area contributed by atoms with Crippen molar-refractivity contribution >= 4 is 0 Å². The number of aromatic nitrogens is 2. The number of nitrogens with one attached hydrogen (secondary N) is 1. The van der Waals surface area contributed by atoms with Gasteiger partial charge in [-0.05, 0) is 24.6 Å². The number of hydrogen-bond acceptors (Lipinski definition) is 4. The van der Waals surface area contributed by atoms with Crippen LogP contribution < -0.4 is 5.32 Å². The molecule has 96 valence electrons. The zero-order valence-corrected chi connectivity index (χ0v) is 10.4. The lowest BCUT2D eigenvalue weighted by atomic mass is 10.1. The van der Waals surface area contributed by atoms with Crippen molar-refractivity contribution < 1.29 is 9.15 Å². The maximum absolute atomic E-state index is 5.81. The van der Waals surface area contributed by atoms with Gasteiger partial charge in [-0.2, -0.15) is 5.10 Å². The minimum atomic E-state index is 0.0764. The van der Waals surface area contributed by atoms with Gasteiger partial charge in [-0.1, -0.05) is 0 Å². The SMILES string of the molecule is Cn1nccc1[C@H]1OCC[C@@H]1NCc1ccco1. The first kappa shape index (κ1) is 11.5. The zero-order chi connectivity index (χ0) is 12.4. The quantitative estimate of drug-likeness (QED) is 0.892. The molecule has 1 N–H and O–H groups in total. The number of ether oxygens (including phenoxy) is 1. The minimum absolute atomic E-state index is 0.0764. The van der Waals surface area contributed by atoms with Gasteiger partial charge in [0.2, 0.25) is 0 Å². The largest absolute Gasteiger partial charge is 0.468 e. The number of furan rings is 1. The normalized spacial score (nSPS) is 23.6. The second-order valence-electron chi connectivity index (χ2n) is 4.53. The number of hydrogen-bond donors (Lipinski definition) is 1. The van der Waals surface area contributed by atoms with Crippen LogP contribution in [0.15, 0.2) is 35.1 Å². The fourth-order valence-corrected chi connectivity index (χ4v) is 2.40. The molecule has 0 radical (unpaired) electrons. The van der Waals surface area contributed by atoms with Crippen LogP contribution in [-0.2, 0) is 18.3 Å². The Hall–Kier alpha value is -1.59.